The zero-order valence-electron chi connectivity index (χ0n) is 26.7. The summed E-state index contributed by atoms with van der Waals surface area (Å²) in [6.07, 6.45) is 17.7. The highest BCUT2D eigenvalue weighted by molar-refractivity contribution is 5.30. The summed E-state index contributed by atoms with van der Waals surface area (Å²) in [5.74, 6) is 2.70. The van der Waals surface area contributed by atoms with Gasteiger partial charge in [-0.25, -0.2) is 8.78 Å². The van der Waals surface area contributed by atoms with E-state index in [-0.39, 0.29) is 11.6 Å². The van der Waals surface area contributed by atoms with Gasteiger partial charge < -0.3 is 9.47 Å². The van der Waals surface area contributed by atoms with Crippen LogP contribution in [0.1, 0.15) is 143 Å². The second kappa shape index (κ2) is 17.5. The minimum Gasteiger partial charge on any atom is -0.385 e. The second-order valence-electron chi connectivity index (χ2n) is 13.3. The van der Waals surface area contributed by atoms with Crippen molar-refractivity contribution in [3.63, 3.8) is 0 Å². The fraction of sp³-hybridized carbons (Fsp3) is 0.684. The molecule has 0 aliphatic heterocycles. The lowest BCUT2D eigenvalue weighted by molar-refractivity contribution is 0.176. The molecule has 2 aliphatic carbocycles. The number of unbranched alkanes of at least 4 members (excludes halogenated alkanes) is 2. The minimum absolute atomic E-state index is 0.00276. The van der Waals surface area contributed by atoms with E-state index in [4.69, 9.17) is 9.47 Å². The van der Waals surface area contributed by atoms with Gasteiger partial charge in [-0.2, -0.15) is 0 Å². The molecular weight excluding hydrogens is 526 g/mol. The molecule has 4 heteroatoms. The predicted molar refractivity (Wildman–Crippen MR) is 170 cm³/mol. The Balaban J connectivity index is 1.26. The molecule has 2 saturated carbocycles. The van der Waals surface area contributed by atoms with Gasteiger partial charge in [-0.05, 0) is 154 Å². The highest BCUT2D eigenvalue weighted by Crippen LogP contribution is 2.46. The number of hydrogen-bond acceptors (Lipinski definition) is 2. The summed E-state index contributed by atoms with van der Waals surface area (Å²) in [4.78, 5) is 0. The van der Waals surface area contributed by atoms with Gasteiger partial charge in [0.2, 0.25) is 0 Å². The Morgan fingerprint density at radius 2 is 1.31 bits per heavy atom. The fourth-order valence-electron chi connectivity index (χ4n) is 7.97. The van der Waals surface area contributed by atoms with Gasteiger partial charge >= 0.3 is 0 Å². The summed E-state index contributed by atoms with van der Waals surface area (Å²) in [7, 11) is 3.48. The molecule has 2 aromatic carbocycles. The molecule has 0 aromatic heterocycles. The molecule has 2 fully saturated rings. The first-order valence-corrected chi connectivity index (χ1v) is 17.1. The van der Waals surface area contributed by atoms with Crippen LogP contribution in [0.3, 0.4) is 0 Å². The molecule has 0 atom stereocenters. The van der Waals surface area contributed by atoms with Crippen LogP contribution in [0.5, 0.6) is 0 Å². The fourth-order valence-corrected chi connectivity index (χ4v) is 7.97. The van der Waals surface area contributed by atoms with Crippen LogP contribution in [-0.2, 0) is 15.9 Å². The molecule has 2 nitrogen and oxygen atoms in total. The van der Waals surface area contributed by atoms with Crippen molar-refractivity contribution in [1.82, 2.24) is 0 Å². The quantitative estimate of drug-likeness (QED) is 0.183. The van der Waals surface area contributed by atoms with E-state index in [1.165, 1.54) is 56.9 Å². The zero-order valence-corrected chi connectivity index (χ0v) is 26.7. The average Bonchev–Trinajstić information content (AvgIpc) is 3.01. The molecule has 0 heterocycles. The van der Waals surface area contributed by atoms with Crippen LogP contribution in [-0.4, -0.2) is 27.4 Å². The van der Waals surface area contributed by atoms with Gasteiger partial charge in [-0.3, -0.25) is 0 Å². The molecule has 234 valence electrons. The third kappa shape index (κ3) is 9.36. The monoisotopic (exact) mass is 582 g/mol. The number of rotatable bonds is 16. The molecule has 2 aromatic rings. The summed E-state index contributed by atoms with van der Waals surface area (Å²) >= 11 is 0. The van der Waals surface area contributed by atoms with E-state index >= 15 is 4.39 Å². The van der Waals surface area contributed by atoms with Gasteiger partial charge in [0.25, 0.3) is 0 Å². The molecule has 0 unspecified atom stereocenters. The first kappa shape index (κ1) is 33.1. The van der Waals surface area contributed by atoms with E-state index in [1.807, 2.05) is 18.2 Å². The highest BCUT2D eigenvalue weighted by atomic mass is 19.1. The van der Waals surface area contributed by atoms with E-state index in [0.717, 1.165) is 93.1 Å². The summed E-state index contributed by atoms with van der Waals surface area (Å²) < 4.78 is 40.8. The lowest BCUT2D eigenvalue weighted by Crippen LogP contribution is -2.25. The van der Waals surface area contributed by atoms with Crippen LogP contribution in [0.25, 0.3) is 0 Å². The van der Waals surface area contributed by atoms with Gasteiger partial charge in [-0.15, -0.1) is 0 Å². The van der Waals surface area contributed by atoms with E-state index < -0.39 is 0 Å². The minimum atomic E-state index is -0.0106. The molecule has 0 bridgehead atoms. The zero-order chi connectivity index (χ0) is 29.7. The molecule has 2 aliphatic rings. The molecule has 4 rings (SSSR count). The van der Waals surface area contributed by atoms with E-state index in [0.29, 0.717) is 17.8 Å². The highest BCUT2D eigenvalue weighted by Gasteiger charge is 2.32. The number of benzene rings is 2. The Kier molecular flexibility index (Phi) is 13.8. The lowest BCUT2D eigenvalue weighted by atomic mass is 9.67. The Labute approximate surface area is 255 Å². The van der Waals surface area contributed by atoms with Crippen molar-refractivity contribution < 1.29 is 18.3 Å². The lowest BCUT2D eigenvalue weighted by Gasteiger charge is -2.38. The largest absolute Gasteiger partial charge is 0.385 e. The van der Waals surface area contributed by atoms with Crippen molar-refractivity contribution in [2.24, 2.45) is 11.8 Å². The standard InChI is InChI=1S/C38H56F2O2/c1-4-5-6-9-33-20-21-34(26-37(33)39)31-14-12-29(13-15-31)30-16-18-32(19-17-30)36-23-22-35(27-38(36)40)28(10-7-24-41-2)11-8-25-42-3/h20-23,26-32H,4-19,24-25H2,1-3H3. The first-order valence-electron chi connectivity index (χ1n) is 17.1. The Hall–Kier alpha value is -1.78. The molecular formula is C38H56F2O2. The smallest absolute Gasteiger partial charge is 0.126 e. The Bertz CT molecular complexity index is 1040. The van der Waals surface area contributed by atoms with Crippen molar-refractivity contribution in [3.8, 4) is 0 Å². The third-order valence-corrected chi connectivity index (χ3v) is 10.5. The maximum Gasteiger partial charge on any atom is 0.126 e. The molecule has 0 spiro atoms. The van der Waals surface area contributed by atoms with Gasteiger partial charge in [0.05, 0.1) is 0 Å². The number of halogens is 2. The van der Waals surface area contributed by atoms with Crippen LogP contribution in [0.15, 0.2) is 36.4 Å². The van der Waals surface area contributed by atoms with Crippen LogP contribution >= 0.6 is 0 Å². The van der Waals surface area contributed by atoms with Gasteiger partial charge in [-0.1, -0.05) is 44.0 Å². The van der Waals surface area contributed by atoms with Crippen LogP contribution in [0.4, 0.5) is 8.78 Å². The summed E-state index contributed by atoms with van der Waals surface area (Å²) in [5.41, 5.74) is 4.13. The average molecular weight is 583 g/mol. The van der Waals surface area contributed by atoms with Crippen molar-refractivity contribution in [2.45, 2.75) is 127 Å². The summed E-state index contributed by atoms with van der Waals surface area (Å²) in [6.45, 7) is 3.68. The number of aryl methyl sites for hydroxylation is 1. The van der Waals surface area contributed by atoms with Crippen molar-refractivity contribution in [1.29, 1.82) is 0 Å². The molecule has 0 radical (unpaired) electrons. The molecule has 0 N–H and O–H groups in total. The third-order valence-electron chi connectivity index (χ3n) is 10.5. The van der Waals surface area contributed by atoms with E-state index in [9.17, 15) is 4.39 Å². The maximum absolute atomic E-state index is 15.5. The topological polar surface area (TPSA) is 18.5 Å². The van der Waals surface area contributed by atoms with Crippen molar-refractivity contribution in [2.75, 3.05) is 27.4 Å². The maximum atomic E-state index is 15.5. The second-order valence-corrected chi connectivity index (χ2v) is 13.3. The van der Waals surface area contributed by atoms with Crippen LogP contribution < -0.4 is 0 Å². The number of ether oxygens (including phenoxy) is 2. The molecule has 0 saturated heterocycles. The Morgan fingerprint density at radius 3 is 1.86 bits per heavy atom. The SMILES string of the molecule is CCCCCc1ccc(C2CCC(C3CCC(c4ccc(C(CCCOC)CCCOC)cc4F)CC3)CC2)cc1F. The predicted octanol–water partition coefficient (Wildman–Crippen LogP) is 10.9. The van der Waals surface area contributed by atoms with E-state index in [1.54, 1.807) is 14.2 Å². The van der Waals surface area contributed by atoms with E-state index in [2.05, 4.69) is 25.1 Å². The van der Waals surface area contributed by atoms with Crippen molar-refractivity contribution >= 4 is 0 Å². The van der Waals surface area contributed by atoms with Gasteiger partial charge in [0, 0.05) is 27.4 Å². The summed E-state index contributed by atoms with van der Waals surface area (Å²) in [5, 5.41) is 0. The normalized spacial score (nSPS) is 23.0. The van der Waals surface area contributed by atoms with Crippen LogP contribution in [0.2, 0.25) is 0 Å². The van der Waals surface area contributed by atoms with Gasteiger partial charge in [0.1, 0.15) is 11.6 Å². The molecule has 42 heavy (non-hydrogen) atoms. The van der Waals surface area contributed by atoms with Gasteiger partial charge in [0.15, 0.2) is 0 Å². The number of methoxy groups -OCH3 is 2. The van der Waals surface area contributed by atoms with Crippen molar-refractivity contribution in [3.05, 3.63) is 70.3 Å². The number of hydrogen-bond donors (Lipinski definition) is 0. The first-order chi connectivity index (χ1) is 20.5. The molecule has 0 amide bonds. The Morgan fingerprint density at radius 1 is 0.690 bits per heavy atom. The summed E-state index contributed by atoms with van der Waals surface area (Å²) in [6, 6.07) is 12.2. The van der Waals surface area contributed by atoms with Crippen LogP contribution in [0, 0.1) is 23.5 Å².